The molecule has 10 heteroatoms. The Labute approximate surface area is 140 Å². The molecule has 3 heterocycles. The molecule has 0 bridgehead atoms. The van der Waals surface area contributed by atoms with Crippen LogP contribution in [0.15, 0.2) is 0 Å². The molecule has 138 valence electrons. The normalized spacial score (nSPS) is 31.7. The van der Waals surface area contributed by atoms with Crippen molar-refractivity contribution in [2.24, 2.45) is 0 Å². The van der Waals surface area contributed by atoms with Crippen molar-refractivity contribution >= 4 is 5.78 Å². The molecule has 1 spiro atoms. The van der Waals surface area contributed by atoms with E-state index in [0.717, 1.165) is 4.68 Å². The summed E-state index contributed by atoms with van der Waals surface area (Å²) in [6.07, 6.45) is -6.64. The van der Waals surface area contributed by atoms with Gasteiger partial charge in [0.15, 0.2) is 5.69 Å². The standard InChI is InChI=1S/C15H16F4N2O4/c1-7-6-8(2-3-23-7)21-10-9(13(20-21)15(17,18)19)14(12(16)11(10)22)24-4-5-25-14/h7-8,12H,2-6H2,1H3/t7-,8-,12?/m0/s1. The highest BCUT2D eigenvalue weighted by atomic mass is 19.4. The summed E-state index contributed by atoms with van der Waals surface area (Å²) in [6, 6.07) is -0.485. The van der Waals surface area contributed by atoms with E-state index in [2.05, 4.69) is 5.10 Å². The lowest BCUT2D eigenvalue weighted by atomic mass is 10.0. The molecule has 2 saturated heterocycles. The highest BCUT2D eigenvalue weighted by Gasteiger charge is 2.64. The van der Waals surface area contributed by atoms with Crippen LogP contribution < -0.4 is 0 Å². The van der Waals surface area contributed by atoms with Gasteiger partial charge < -0.3 is 14.2 Å². The van der Waals surface area contributed by atoms with Crippen LogP contribution >= 0.6 is 0 Å². The van der Waals surface area contributed by atoms with Crippen LogP contribution in [0.1, 0.15) is 47.6 Å². The molecule has 2 fully saturated rings. The molecule has 3 aliphatic rings. The number of carbonyl (C=O) groups excluding carboxylic acids is 1. The first-order valence-electron chi connectivity index (χ1n) is 8.03. The Hall–Kier alpha value is -1.52. The minimum absolute atomic E-state index is 0.0933. The summed E-state index contributed by atoms with van der Waals surface area (Å²) in [5.74, 6) is -3.43. The van der Waals surface area contributed by atoms with Crippen molar-refractivity contribution in [2.45, 2.75) is 50.0 Å². The summed E-state index contributed by atoms with van der Waals surface area (Å²) < 4.78 is 72.0. The number of ether oxygens (including phenoxy) is 3. The van der Waals surface area contributed by atoms with Crippen LogP contribution in [0.3, 0.4) is 0 Å². The van der Waals surface area contributed by atoms with E-state index in [4.69, 9.17) is 14.2 Å². The fourth-order valence-electron chi connectivity index (χ4n) is 3.80. The first-order valence-corrected chi connectivity index (χ1v) is 8.03. The quantitative estimate of drug-likeness (QED) is 0.716. The average Bonchev–Trinajstić information content (AvgIpc) is 3.22. The van der Waals surface area contributed by atoms with Crippen LogP contribution in [0.5, 0.6) is 0 Å². The third-order valence-corrected chi connectivity index (χ3v) is 4.84. The molecule has 0 aromatic carbocycles. The number of aromatic nitrogens is 2. The molecular formula is C15H16F4N2O4. The summed E-state index contributed by atoms with van der Waals surface area (Å²) in [7, 11) is 0. The van der Waals surface area contributed by atoms with Gasteiger partial charge in [0, 0.05) is 6.61 Å². The molecule has 1 aromatic heterocycles. The van der Waals surface area contributed by atoms with Crippen LogP contribution in [0.4, 0.5) is 17.6 Å². The maximum Gasteiger partial charge on any atom is 0.435 e. The second-order valence-electron chi connectivity index (χ2n) is 6.47. The Morgan fingerprint density at radius 2 is 1.92 bits per heavy atom. The summed E-state index contributed by atoms with van der Waals surface area (Å²) in [4.78, 5) is 12.4. The van der Waals surface area contributed by atoms with Crippen molar-refractivity contribution in [2.75, 3.05) is 19.8 Å². The van der Waals surface area contributed by atoms with E-state index >= 15 is 0 Å². The van der Waals surface area contributed by atoms with Crippen molar-refractivity contribution in [1.82, 2.24) is 9.78 Å². The van der Waals surface area contributed by atoms with Gasteiger partial charge in [0.05, 0.1) is 30.9 Å². The molecule has 0 N–H and O–H groups in total. The minimum Gasteiger partial charge on any atom is -0.378 e. The number of hydrogen-bond donors (Lipinski definition) is 0. The maximum atomic E-state index is 14.7. The number of rotatable bonds is 1. The van der Waals surface area contributed by atoms with Crippen LogP contribution in [-0.2, 0) is 26.2 Å². The van der Waals surface area contributed by atoms with Crippen molar-refractivity contribution in [3.05, 3.63) is 17.0 Å². The van der Waals surface area contributed by atoms with Crippen molar-refractivity contribution in [3.8, 4) is 0 Å². The molecule has 6 nitrogen and oxygen atoms in total. The van der Waals surface area contributed by atoms with E-state index < -0.39 is 46.9 Å². The van der Waals surface area contributed by atoms with Crippen LogP contribution in [-0.4, -0.2) is 47.7 Å². The largest absolute Gasteiger partial charge is 0.435 e. The molecular weight excluding hydrogens is 348 g/mol. The maximum absolute atomic E-state index is 14.7. The van der Waals surface area contributed by atoms with E-state index in [1.165, 1.54) is 0 Å². The van der Waals surface area contributed by atoms with Gasteiger partial charge in [0.1, 0.15) is 5.69 Å². The van der Waals surface area contributed by atoms with Gasteiger partial charge in [-0.1, -0.05) is 0 Å². The Morgan fingerprint density at radius 3 is 2.52 bits per heavy atom. The molecule has 0 radical (unpaired) electrons. The van der Waals surface area contributed by atoms with E-state index in [1.807, 2.05) is 0 Å². The third kappa shape index (κ3) is 2.34. The Balaban J connectivity index is 1.91. The SMILES string of the molecule is C[C@H]1C[C@@H](n2nc(C(F)(F)F)c3c2C(=O)C(F)C32OCCO2)CCO1. The van der Waals surface area contributed by atoms with Crippen LogP contribution in [0.25, 0.3) is 0 Å². The molecule has 3 atom stereocenters. The number of hydrogen-bond acceptors (Lipinski definition) is 5. The molecule has 25 heavy (non-hydrogen) atoms. The third-order valence-electron chi connectivity index (χ3n) is 4.84. The lowest BCUT2D eigenvalue weighted by molar-refractivity contribution is -0.199. The summed E-state index contributed by atoms with van der Waals surface area (Å²) in [5.41, 5.74) is -2.35. The van der Waals surface area contributed by atoms with Gasteiger partial charge in [-0.25, -0.2) is 4.39 Å². The number of alkyl halides is 4. The monoisotopic (exact) mass is 364 g/mol. The predicted octanol–water partition coefficient (Wildman–Crippen LogP) is 2.38. The number of carbonyl (C=O) groups is 1. The zero-order valence-corrected chi connectivity index (χ0v) is 13.3. The van der Waals surface area contributed by atoms with Gasteiger partial charge >= 0.3 is 6.18 Å². The van der Waals surface area contributed by atoms with Gasteiger partial charge in [0.25, 0.3) is 0 Å². The first-order chi connectivity index (χ1) is 11.8. The minimum atomic E-state index is -4.86. The van der Waals surface area contributed by atoms with Crippen molar-refractivity contribution in [3.63, 3.8) is 0 Å². The molecule has 1 aliphatic carbocycles. The van der Waals surface area contributed by atoms with Crippen LogP contribution in [0.2, 0.25) is 0 Å². The molecule has 1 unspecified atom stereocenters. The van der Waals surface area contributed by atoms with Gasteiger partial charge in [-0.3, -0.25) is 9.48 Å². The van der Waals surface area contributed by atoms with Gasteiger partial charge in [-0.05, 0) is 19.8 Å². The van der Waals surface area contributed by atoms with E-state index in [-0.39, 0.29) is 19.3 Å². The fraction of sp³-hybridized carbons (Fsp3) is 0.733. The Kier molecular flexibility index (Phi) is 3.71. The van der Waals surface area contributed by atoms with Gasteiger partial charge in [0.2, 0.25) is 17.7 Å². The summed E-state index contributed by atoms with van der Waals surface area (Å²) in [5, 5.41) is 3.65. The van der Waals surface area contributed by atoms with E-state index in [9.17, 15) is 22.4 Å². The zero-order valence-electron chi connectivity index (χ0n) is 13.3. The first kappa shape index (κ1) is 16.9. The number of halogens is 4. The summed E-state index contributed by atoms with van der Waals surface area (Å²) in [6.45, 7) is 1.92. The highest BCUT2D eigenvalue weighted by Crippen LogP contribution is 2.51. The second-order valence-corrected chi connectivity index (χ2v) is 6.47. The van der Waals surface area contributed by atoms with Crippen LogP contribution in [0, 0.1) is 0 Å². The lowest BCUT2D eigenvalue weighted by Gasteiger charge is -2.28. The smallest absolute Gasteiger partial charge is 0.378 e. The van der Waals surface area contributed by atoms with Gasteiger partial charge in [-0.15, -0.1) is 0 Å². The molecule has 0 saturated carbocycles. The second kappa shape index (κ2) is 5.49. The molecule has 2 aliphatic heterocycles. The topological polar surface area (TPSA) is 62.6 Å². The van der Waals surface area contributed by atoms with Gasteiger partial charge in [-0.2, -0.15) is 18.3 Å². The average molecular weight is 364 g/mol. The lowest BCUT2D eigenvalue weighted by Crippen LogP contribution is -2.38. The Bertz CT molecular complexity index is 711. The van der Waals surface area contributed by atoms with Crippen molar-refractivity contribution < 1.29 is 36.6 Å². The molecule has 0 amide bonds. The number of ketones is 1. The number of nitrogens with zero attached hydrogens (tertiary/aromatic N) is 2. The fourth-order valence-corrected chi connectivity index (χ4v) is 3.80. The number of fused-ring (bicyclic) bond motifs is 2. The van der Waals surface area contributed by atoms with E-state index in [1.54, 1.807) is 6.92 Å². The predicted molar refractivity (Wildman–Crippen MR) is 73.7 cm³/mol. The number of Topliss-reactive ketones (excluding diaryl/α,β-unsaturated/α-hetero) is 1. The van der Waals surface area contributed by atoms with Crippen molar-refractivity contribution in [1.29, 1.82) is 0 Å². The zero-order chi connectivity index (χ0) is 18.0. The van der Waals surface area contributed by atoms with E-state index in [0.29, 0.717) is 19.4 Å². The Morgan fingerprint density at radius 1 is 1.24 bits per heavy atom. The summed E-state index contributed by atoms with van der Waals surface area (Å²) >= 11 is 0. The molecule has 1 aromatic rings. The molecule has 4 rings (SSSR count). The highest BCUT2D eigenvalue weighted by molar-refractivity contribution is 6.04.